The summed E-state index contributed by atoms with van der Waals surface area (Å²) < 4.78 is -0.200. The van der Waals surface area contributed by atoms with Crippen molar-refractivity contribution in [2.24, 2.45) is 0 Å². The highest BCUT2D eigenvalue weighted by molar-refractivity contribution is 5.75. The van der Waals surface area contributed by atoms with E-state index in [0.29, 0.717) is 13.0 Å². The lowest BCUT2D eigenvalue weighted by Crippen LogP contribution is -2.33. The summed E-state index contributed by atoms with van der Waals surface area (Å²) in [4.78, 5) is 14.1. The minimum absolute atomic E-state index is 0.200. The first kappa shape index (κ1) is 26.4. The zero-order chi connectivity index (χ0) is 20.4. The molecule has 0 aliphatic rings. The van der Waals surface area contributed by atoms with Gasteiger partial charge in [0.1, 0.15) is 0 Å². The molecule has 27 heavy (non-hydrogen) atoms. The number of quaternary nitrogens is 1. The van der Waals surface area contributed by atoms with E-state index in [4.69, 9.17) is 0 Å². The fourth-order valence-corrected chi connectivity index (χ4v) is 3.25. The third-order valence-electron chi connectivity index (χ3n) is 5.03. The fourth-order valence-electron chi connectivity index (χ4n) is 3.25. The van der Waals surface area contributed by atoms with Gasteiger partial charge in [-0.1, -0.05) is 58.3 Å². The van der Waals surface area contributed by atoms with Gasteiger partial charge in [0.05, 0.1) is 20.6 Å². The van der Waals surface area contributed by atoms with Gasteiger partial charge in [0, 0.05) is 13.0 Å². The van der Waals surface area contributed by atoms with Gasteiger partial charge in [-0.3, -0.25) is 4.79 Å². The summed E-state index contributed by atoms with van der Waals surface area (Å²) in [5.74, 6) is 0.205. The number of amides is 1. The lowest BCUT2D eigenvalue weighted by molar-refractivity contribution is -0.840. The molecule has 0 bridgehead atoms. The number of rotatable bonds is 19. The SMILES string of the molecule is CCCCCCCCCCCC(=O)NCCCN(C)CCCC[N+](C)(C)[O-]. The molecule has 0 radical (unpaired) electrons. The first-order valence-corrected chi connectivity index (χ1v) is 11.3. The number of nitrogens with one attached hydrogen (secondary N) is 1. The first-order valence-electron chi connectivity index (χ1n) is 11.3. The zero-order valence-electron chi connectivity index (χ0n) is 18.7. The average molecular weight is 386 g/mol. The fraction of sp³-hybridized carbons (Fsp3) is 0.955. The van der Waals surface area contributed by atoms with E-state index in [1.165, 1.54) is 51.4 Å². The highest BCUT2D eigenvalue weighted by Gasteiger charge is 2.04. The van der Waals surface area contributed by atoms with Crippen LogP contribution < -0.4 is 5.32 Å². The molecule has 0 aromatic heterocycles. The van der Waals surface area contributed by atoms with E-state index in [1.54, 1.807) is 14.1 Å². The average Bonchev–Trinajstić information content (AvgIpc) is 2.60. The topological polar surface area (TPSA) is 55.4 Å². The Balaban J connectivity index is 3.36. The molecule has 0 unspecified atom stereocenters. The largest absolute Gasteiger partial charge is 0.633 e. The smallest absolute Gasteiger partial charge is 0.219 e. The van der Waals surface area contributed by atoms with Crippen molar-refractivity contribution in [2.75, 3.05) is 47.3 Å². The van der Waals surface area contributed by atoms with Crippen LogP contribution in [0.5, 0.6) is 0 Å². The second-order valence-corrected chi connectivity index (χ2v) is 8.59. The molecule has 5 nitrogen and oxygen atoms in total. The molecule has 0 fully saturated rings. The predicted octanol–water partition coefficient (Wildman–Crippen LogP) is 4.70. The van der Waals surface area contributed by atoms with Gasteiger partial charge in [-0.2, -0.15) is 0 Å². The molecule has 0 aliphatic heterocycles. The van der Waals surface area contributed by atoms with E-state index in [1.807, 2.05) is 0 Å². The Morgan fingerprint density at radius 2 is 1.41 bits per heavy atom. The highest BCUT2D eigenvalue weighted by atomic mass is 16.5. The van der Waals surface area contributed by atoms with Crippen molar-refractivity contribution < 1.29 is 9.44 Å². The Bertz CT molecular complexity index is 343. The molecule has 0 rings (SSSR count). The number of hydrogen-bond donors (Lipinski definition) is 1. The quantitative estimate of drug-likeness (QED) is 0.199. The molecule has 1 N–H and O–H groups in total. The summed E-state index contributed by atoms with van der Waals surface area (Å²) in [6.07, 6.45) is 15.3. The molecule has 0 aromatic carbocycles. The standard InChI is InChI=1S/C22H47N3O2/c1-5-6-7-8-9-10-11-12-13-17-22(26)23-18-16-20-24(2)19-14-15-21-25(3,4)27/h5-21H2,1-4H3,(H,23,26). The first-order chi connectivity index (χ1) is 12.8. The number of carbonyl (C=O) groups is 1. The summed E-state index contributed by atoms with van der Waals surface area (Å²) in [7, 11) is 5.50. The number of hydroxylamine groups is 3. The minimum Gasteiger partial charge on any atom is -0.633 e. The van der Waals surface area contributed by atoms with Crippen LogP contribution in [0.1, 0.15) is 90.4 Å². The van der Waals surface area contributed by atoms with Crippen molar-refractivity contribution in [3.63, 3.8) is 0 Å². The molecule has 0 atom stereocenters. The van der Waals surface area contributed by atoms with E-state index in [0.717, 1.165) is 45.3 Å². The van der Waals surface area contributed by atoms with Gasteiger partial charge >= 0.3 is 0 Å². The molecular weight excluding hydrogens is 338 g/mol. The van der Waals surface area contributed by atoms with Crippen LogP contribution in [0.3, 0.4) is 0 Å². The number of nitrogens with zero attached hydrogens (tertiary/aromatic N) is 2. The van der Waals surface area contributed by atoms with E-state index < -0.39 is 0 Å². The van der Waals surface area contributed by atoms with Crippen LogP contribution in [0.25, 0.3) is 0 Å². The summed E-state index contributed by atoms with van der Waals surface area (Å²) >= 11 is 0. The maximum Gasteiger partial charge on any atom is 0.219 e. The van der Waals surface area contributed by atoms with Gasteiger partial charge in [0.25, 0.3) is 0 Å². The molecule has 1 amide bonds. The Hall–Kier alpha value is -0.650. The van der Waals surface area contributed by atoms with Crippen LogP contribution in [-0.2, 0) is 4.79 Å². The second kappa shape index (κ2) is 17.4. The van der Waals surface area contributed by atoms with Gasteiger partial charge in [-0.25, -0.2) is 0 Å². The van der Waals surface area contributed by atoms with Crippen molar-refractivity contribution in [1.29, 1.82) is 0 Å². The minimum atomic E-state index is -0.200. The van der Waals surface area contributed by atoms with Crippen molar-refractivity contribution in [3.8, 4) is 0 Å². The summed E-state index contributed by atoms with van der Waals surface area (Å²) in [5, 5.41) is 14.5. The lowest BCUT2D eigenvalue weighted by Gasteiger charge is -2.33. The van der Waals surface area contributed by atoms with E-state index in [9.17, 15) is 10.0 Å². The normalized spacial score (nSPS) is 11.9. The Labute approximate surface area is 169 Å². The van der Waals surface area contributed by atoms with Crippen molar-refractivity contribution in [2.45, 2.75) is 90.4 Å². The van der Waals surface area contributed by atoms with Crippen molar-refractivity contribution in [1.82, 2.24) is 10.2 Å². The Morgan fingerprint density at radius 1 is 0.852 bits per heavy atom. The maximum absolute atomic E-state index is 11.8. The Kier molecular flexibility index (Phi) is 17.0. The van der Waals surface area contributed by atoms with Crippen LogP contribution >= 0.6 is 0 Å². The monoisotopic (exact) mass is 385 g/mol. The molecule has 0 saturated carbocycles. The molecule has 0 aliphatic carbocycles. The molecule has 0 heterocycles. The third kappa shape index (κ3) is 21.5. The molecule has 0 spiro atoms. The van der Waals surface area contributed by atoms with Crippen LogP contribution in [-0.4, -0.2) is 62.8 Å². The van der Waals surface area contributed by atoms with Crippen LogP contribution in [0.2, 0.25) is 0 Å². The summed E-state index contributed by atoms with van der Waals surface area (Å²) in [6, 6.07) is 0. The second-order valence-electron chi connectivity index (χ2n) is 8.59. The van der Waals surface area contributed by atoms with Crippen molar-refractivity contribution in [3.05, 3.63) is 5.21 Å². The molecule has 162 valence electrons. The summed E-state index contributed by atoms with van der Waals surface area (Å²) in [6.45, 7) is 5.72. The summed E-state index contributed by atoms with van der Waals surface area (Å²) in [5.41, 5.74) is 0. The van der Waals surface area contributed by atoms with Gasteiger partial charge < -0.3 is 20.1 Å². The number of carbonyl (C=O) groups excluding carboxylic acids is 1. The van der Waals surface area contributed by atoms with Gasteiger partial charge in [-0.15, -0.1) is 0 Å². The number of unbranched alkanes of at least 4 members (excludes halogenated alkanes) is 9. The lowest BCUT2D eigenvalue weighted by atomic mass is 10.1. The van der Waals surface area contributed by atoms with Crippen LogP contribution in [0.4, 0.5) is 0 Å². The Morgan fingerprint density at radius 3 is 2.00 bits per heavy atom. The molecule has 5 heteroatoms. The number of hydrogen-bond acceptors (Lipinski definition) is 3. The molecular formula is C22H47N3O2. The van der Waals surface area contributed by atoms with Crippen LogP contribution in [0, 0.1) is 5.21 Å². The van der Waals surface area contributed by atoms with E-state index in [2.05, 4.69) is 24.2 Å². The maximum atomic E-state index is 11.8. The molecule has 0 saturated heterocycles. The molecule has 0 aromatic rings. The van der Waals surface area contributed by atoms with Crippen molar-refractivity contribution >= 4 is 5.91 Å². The van der Waals surface area contributed by atoms with E-state index >= 15 is 0 Å². The van der Waals surface area contributed by atoms with E-state index in [-0.39, 0.29) is 10.6 Å². The predicted molar refractivity (Wildman–Crippen MR) is 117 cm³/mol. The zero-order valence-corrected chi connectivity index (χ0v) is 18.7. The van der Waals surface area contributed by atoms with Gasteiger partial charge in [0.15, 0.2) is 0 Å². The van der Waals surface area contributed by atoms with Crippen LogP contribution in [0.15, 0.2) is 0 Å². The third-order valence-corrected chi connectivity index (χ3v) is 5.03. The highest BCUT2D eigenvalue weighted by Crippen LogP contribution is 2.10. The van der Waals surface area contributed by atoms with Gasteiger partial charge in [-0.05, 0) is 45.8 Å². The van der Waals surface area contributed by atoms with Gasteiger partial charge in [0.2, 0.25) is 5.91 Å².